The van der Waals surface area contributed by atoms with Gasteiger partial charge in [0, 0.05) is 12.0 Å². The summed E-state index contributed by atoms with van der Waals surface area (Å²) in [5.41, 5.74) is 4.54. The van der Waals surface area contributed by atoms with Crippen molar-refractivity contribution < 1.29 is 0 Å². The second-order valence-electron chi connectivity index (χ2n) is 3.99. The lowest BCUT2D eigenvalue weighted by molar-refractivity contribution is 1.02. The Hall–Kier alpha value is -1.59. The third-order valence-electron chi connectivity index (χ3n) is 2.88. The number of hydrogen-bond donors (Lipinski definition) is 0. The number of halogens is 1. The van der Waals surface area contributed by atoms with Crippen LogP contribution in [0.2, 0.25) is 0 Å². The second kappa shape index (κ2) is 4.35. The monoisotopic (exact) mass is 283 g/mol. The van der Waals surface area contributed by atoms with Crippen molar-refractivity contribution in [2.45, 2.75) is 12.8 Å². The van der Waals surface area contributed by atoms with Gasteiger partial charge in [-0.1, -0.05) is 36.1 Å². The fourth-order valence-corrected chi connectivity index (χ4v) is 2.38. The number of aromatic nitrogens is 1. The van der Waals surface area contributed by atoms with E-state index in [1.165, 1.54) is 11.1 Å². The molecule has 1 aromatic carbocycles. The topological polar surface area (TPSA) is 12.9 Å². The summed E-state index contributed by atoms with van der Waals surface area (Å²) in [6, 6.07) is 12.4. The first kappa shape index (κ1) is 10.6. The van der Waals surface area contributed by atoms with E-state index in [0.717, 1.165) is 28.7 Å². The quantitative estimate of drug-likeness (QED) is 0.529. The van der Waals surface area contributed by atoms with E-state index in [-0.39, 0.29) is 0 Å². The summed E-state index contributed by atoms with van der Waals surface area (Å²) in [5, 5.41) is 0. The molecule has 0 saturated heterocycles. The van der Waals surface area contributed by atoms with Gasteiger partial charge in [0.05, 0.1) is 11.3 Å². The van der Waals surface area contributed by atoms with Crippen molar-refractivity contribution >= 4 is 15.9 Å². The molecule has 0 aliphatic heterocycles. The summed E-state index contributed by atoms with van der Waals surface area (Å²) in [4.78, 5) is 4.57. The average Bonchev–Trinajstić information content (AvgIpc) is 2.34. The molecule has 2 aromatic rings. The molecule has 1 aliphatic carbocycles. The van der Waals surface area contributed by atoms with Crippen LogP contribution in [0.15, 0.2) is 41.0 Å². The zero-order chi connectivity index (χ0) is 11.7. The van der Waals surface area contributed by atoms with Crippen LogP contribution in [0, 0.1) is 11.8 Å². The Morgan fingerprint density at radius 3 is 2.94 bits per heavy atom. The summed E-state index contributed by atoms with van der Waals surface area (Å²) in [6.07, 6.45) is 1.91. The lowest BCUT2D eigenvalue weighted by Crippen LogP contribution is -1.97. The van der Waals surface area contributed by atoms with Crippen molar-refractivity contribution in [1.82, 2.24) is 4.98 Å². The first-order valence-corrected chi connectivity index (χ1v) is 6.37. The van der Waals surface area contributed by atoms with Gasteiger partial charge in [-0.3, -0.25) is 0 Å². The molecule has 2 heteroatoms. The number of benzene rings is 1. The predicted octanol–water partition coefficient (Wildman–Crippen LogP) is 3.81. The molecular weight excluding hydrogens is 274 g/mol. The highest BCUT2D eigenvalue weighted by molar-refractivity contribution is 9.10. The fraction of sp³-hybridized carbons (Fsp3) is 0.133. The van der Waals surface area contributed by atoms with Gasteiger partial charge < -0.3 is 0 Å². The Bertz CT molecular complexity index is 635. The van der Waals surface area contributed by atoms with Crippen LogP contribution < -0.4 is 0 Å². The standard InChI is InChI=1S/C15H10BrN/c16-14-10-9-12-7-2-1-5-11-6-3-4-8-13(11)15(12)17-14/h3-4,6,8-10H,1,5H2. The summed E-state index contributed by atoms with van der Waals surface area (Å²) in [5.74, 6) is 6.40. The van der Waals surface area contributed by atoms with Gasteiger partial charge in [-0.15, -0.1) is 0 Å². The average molecular weight is 284 g/mol. The minimum Gasteiger partial charge on any atom is -0.240 e. The van der Waals surface area contributed by atoms with Crippen LogP contribution in [0.25, 0.3) is 11.3 Å². The van der Waals surface area contributed by atoms with E-state index in [4.69, 9.17) is 0 Å². The predicted molar refractivity (Wildman–Crippen MR) is 72.6 cm³/mol. The van der Waals surface area contributed by atoms with E-state index in [0.29, 0.717) is 0 Å². The maximum Gasteiger partial charge on any atom is 0.106 e. The van der Waals surface area contributed by atoms with E-state index < -0.39 is 0 Å². The van der Waals surface area contributed by atoms with Crippen molar-refractivity contribution in [3.63, 3.8) is 0 Å². The van der Waals surface area contributed by atoms with Gasteiger partial charge in [0.2, 0.25) is 0 Å². The Morgan fingerprint density at radius 1 is 1.12 bits per heavy atom. The molecule has 0 atom stereocenters. The summed E-state index contributed by atoms with van der Waals surface area (Å²) >= 11 is 3.43. The van der Waals surface area contributed by atoms with E-state index in [1.54, 1.807) is 0 Å². The van der Waals surface area contributed by atoms with E-state index in [2.05, 4.69) is 57.0 Å². The van der Waals surface area contributed by atoms with Crippen LogP contribution in [0.4, 0.5) is 0 Å². The van der Waals surface area contributed by atoms with Crippen LogP contribution >= 0.6 is 15.9 Å². The maximum absolute atomic E-state index is 4.57. The van der Waals surface area contributed by atoms with Crippen molar-refractivity contribution in [3.05, 3.63) is 52.1 Å². The highest BCUT2D eigenvalue weighted by Crippen LogP contribution is 2.28. The van der Waals surface area contributed by atoms with E-state index in [1.807, 2.05) is 12.1 Å². The molecule has 17 heavy (non-hydrogen) atoms. The molecule has 0 unspecified atom stereocenters. The molecule has 1 nitrogen and oxygen atoms in total. The molecule has 0 N–H and O–H groups in total. The summed E-state index contributed by atoms with van der Waals surface area (Å²) < 4.78 is 0.855. The first-order chi connectivity index (χ1) is 8.34. The summed E-state index contributed by atoms with van der Waals surface area (Å²) in [6.45, 7) is 0. The molecule has 1 heterocycles. The molecule has 82 valence electrons. The molecule has 0 saturated carbocycles. The third kappa shape index (κ3) is 1.99. The molecule has 0 bridgehead atoms. The number of nitrogens with zero attached hydrogens (tertiary/aromatic N) is 1. The van der Waals surface area contributed by atoms with Gasteiger partial charge in [-0.05, 0) is 40.0 Å². The Kier molecular flexibility index (Phi) is 2.70. The molecule has 1 aliphatic rings. The van der Waals surface area contributed by atoms with Gasteiger partial charge in [0.1, 0.15) is 4.60 Å². The molecule has 0 amide bonds. The Labute approximate surface area is 109 Å². The highest BCUT2D eigenvalue weighted by atomic mass is 79.9. The number of fused-ring (bicyclic) bond motifs is 3. The van der Waals surface area contributed by atoms with Crippen molar-refractivity contribution in [2.75, 3.05) is 0 Å². The van der Waals surface area contributed by atoms with Crippen molar-refractivity contribution in [1.29, 1.82) is 0 Å². The SMILES string of the molecule is Brc1ccc2c(n1)-c1ccccc1CCC#C2. The largest absolute Gasteiger partial charge is 0.240 e. The minimum absolute atomic E-state index is 0.855. The third-order valence-corrected chi connectivity index (χ3v) is 3.32. The highest BCUT2D eigenvalue weighted by Gasteiger charge is 2.11. The second-order valence-corrected chi connectivity index (χ2v) is 4.80. The summed E-state index contributed by atoms with van der Waals surface area (Å²) in [7, 11) is 0. The van der Waals surface area contributed by atoms with Crippen LogP contribution in [0.5, 0.6) is 0 Å². The van der Waals surface area contributed by atoms with Crippen LogP contribution in [0.3, 0.4) is 0 Å². The Balaban J connectivity index is 2.31. The molecule has 0 radical (unpaired) electrons. The minimum atomic E-state index is 0.855. The van der Waals surface area contributed by atoms with Gasteiger partial charge in [-0.2, -0.15) is 0 Å². The van der Waals surface area contributed by atoms with Gasteiger partial charge >= 0.3 is 0 Å². The van der Waals surface area contributed by atoms with Crippen molar-refractivity contribution in [2.24, 2.45) is 0 Å². The fourth-order valence-electron chi connectivity index (χ4n) is 2.07. The number of aryl methyl sites for hydroxylation is 1. The van der Waals surface area contributed by atoms with E-state index in [9.17, 15) is 0 Å². The molecule has 0 spiro atoms. The Morgan fingerprint density at radius 2 is 2.00 bits per heavy atom. The number of rotatable bonds is 0. The smallest absolute Gasteiger partial charge is 0.106 e. The number of pyridine rings is 1. The molecule has 0 fully saturated rings. The lowest BCUT2D eigenvalue weighted by Gasteiger charge is -2.11. The molecular formula is C15H10BrN. The first-order valence-electron chi connectivity index (χ1n) is 5.58. The van der Waals surface area contributed by atoms with Crippen molar-refractivity contribution in [3.8, 4) is 23.1 Å². The molecule has 3 rings (SSSR count). The lowest BCUT2D eigenvalue weighted by atomic mass is 9.95. The zero-order valence-electron chi connectivity index (χ0n) is 9.20. The maximum atomic E-state index is 4.57. The van der Waals surface area contributed by atoms with Gasteiger partial charge in [0.15, 0.2) is 0 Å². The normalized spacial score (nSPS) is 12.5. The van der Waals surface area contributed by atoms with Gasteiger partial charge in [-0.25, -0.2) is 4.98 Å². The van der Waals surface area contributed by atoms with Crippen LogP contribution in [-0.2, 0) is 6.42 Å². The van der Waals surface area contributed by atoms with Crippen LogP contribution in [0.1, 0.15) is 17.5 Å². The van der Waals surface area contributed by atoms with Crippen LogP contribution in [-0.4, -0.2) is 4.98 Å². The zero-order valence-corrected chi connectivity index (χ0v) is 10.8. The molecule has 1 aromatic heterocycles. The van der Waals surface area contributed by atoms with Gasteiger partial charge in [0.25, 0.3) is 0 Å². The van der Waals surface area contributed by atoms with E-state index >= 15 is 0 Å². The number of hydrogen-bond acceptors (Lipinski definition) is 1.